The molecule has 0 unspecified atom stereocenters. The van der Waals surface area contributed by atoms with E-state index in [-0.39, 0.29) is 29.1 Å². The van der Waals surface area contributed by atoms with Crippen LogP contribution in [0.3, 0.4) is 0 Å². The highest BCUT2D eigenvalue weighted by Crippen LogP contribution is 2.42. The lowest BCUT2D eigenvalue weighted by atomic mass is 9.88. The zero-order valence-electron chi connectivity index (χ0n) is 22.5. The third-order valence-corrected chi connectivity index (χ3v) is 7.98. The Morgan fingerprint density at radius 2 is 1.93 bits per heavy atom. The van der Waals surface area contributed by atoms with Gasteiger partial charge in [-0.05, 0) is 66.1 Å². The molecule has 12 heteroatoms. The molecule has 1 aliphatic carbocycles. The molecule has 1 aliphatic rings. The van der Waals surface area contributed by atoms with Crippen LogP contribution in [0.15, 0.2) is 60.8 Å². The van der Waals surface area contributed by atoms with Gasteiger partial charge in [0.25, 0.3) is 0 Å². The molecular formula is C30H27Cl2FN8O. The molecule has 1 fully saturated rings. The van der Waals surface area contributed by atoms with Crippen LogP contribution in [-0.4, -0.2) is 41.1 Å². The number of benzene rings is 2. The summed E-state index contributed by atoms with van der Waals surface area (Å²) in [4.78, 5) is 22.6. The normalized spacial score (nSPS) is 13.8. The number of amides is 1. The average molecular weight is 606 g/mol. The van der Waals surface area contributed by atoms with Gasteiger partial charge in [0.15, 0.2) is 0 Å². The number of H-pyrrole nitrogens is 1. The summed E-state index contributed by atoms with van der Waals surface area (Å²) in [5.41, 5.74) is 3.88. The number of aromatic amines is 1. The van der Waals surface area contributed by atoms with E-state index in [1.807, 2.05) is 34.9 Å². The van der Waals surface area contributed by atoms with Crippen LogP contribution in [0.5, 0.6) is 0 Å². The number of tetrazole rings is 1. The van der Waals surface area contributed by atoms with Crippen molar-refractivity contribution in [1.29, 1.82) is 0 Å². The summed E-state index contributed by atoms with van der Waals surface area (Å²) >= 11 is 12.9. The highest BCUT2D eigenvalue weighted by atomic mass is 35.5. The molecule has 0 bridgehead atoms. The van der Waals surface area contributed by atoms with Gasteiger partial charge in [0.1, 0.15) is 17.3 Å². The lowest BCUT2D eigenvalue weighted by Crippen LogP contribution is -2.25. The zero-order valence-corrected chi connectivity index (χ0v) is 24.0. The molecule has 0 atom stereocenters. The zero-order chi connectivity index (χ0) is 29.1. The number of hydrogen-bond acceptors (Lipinski definition) is 6. The van der Waals surface area contributed by atoms with Gasteiger partial charge in [-0.2, -0.15) is 5.21 Å². The maximum Gasteiger partial charge on any atom is 0.225 e. The van der Waals surface area contributed by atoms with Gasteiger partial charge in [-0.15, -0.1) is 10.2 Å². The monoisotopic (exact) mass is 604 g/mol. The molecular weight excluding hydrogens is 578 g/mol. The molecule has 0 spiro atoms. The summed E-state index contributed by atoms with van der Waals surface area (Å²) in [5, 5.41) is 18.1. The van der Waals surface area contributed by atoms with Crippen LogP contribution in [0.25, 0.3) is 28.5 Å². The molecule has 1 saturated carbocycles. The predicted molar refractivity (Wildman–Crippen MR) is 158 cm³/mol. The van der Waals surface area contributed by atoms with Crippen molar-refractivity contribution in [2.45, 2.75) is 51.0 Å². The Morgan fingerprint density at radius 1 is 1.07 bits per heavy atom. The molecule has 3 aromatic heterocycles. The van der Waals surface area contributed by atoms with Gasteiger partial charge in [-0.25, -0.2) is 9.37 Å². The van der Waals surface area contributed by atoms with E-state index in [0.717, 1.165) is 49.2 Å². The van der Waals surface area contributed by atoms with E-state index in [2.05, 4.69) is 30.9 Å². The van der Waals surface area contributed by atoms with E-state index in [9.17, 15) is 9.18 Å². The summed E-state index contributed by atoms with van der Waals surface area (Å²) < 4.78 is 16.3. The van der Waals surface area contributed by atoms with E-state index in [0.29, 0.717) is 34.2 Å². The second kappa shape index (κ2) is 12.4. The molecule has 3 heterocycles. The van der Waals surface area contributed by atoms with Crippen LogP contribution >= 0.6 is 23.2 Å². The Kier molecular flexibility index (Phi) is 8.25. The number of nitrogens with zero attached hydrogens (tertiary/aromatic N) is 6. The van der Waals surface area contributed by atoms with E-state index in [4.69, 9.17) is 28.2 Å². The van der Waals surface area contributed by atoms with Crippen molar-refractivity contribution in [2.24, 2.45) is 0 Å². The molecule has 214 valence electrons. The van der Waals surface area contributed by atoms with Gasteiger partial charge < -0.3 is 5.32 Å². The molecule has 2 N–H and O–H groups in total. The maximum absolute atomic E-state index is 14.3. The SMILES string of the molecule is O=C(Cc1ccc(Cl)cc1-n1c(C2CCCCC2)nc(-c2nn[nH]n2)c1-c1ccc(F)c(Cl)c1)NCc1ccccn1. The Bertz CT molecular complexity index is 1700. The Balaban J connectivity index is 1.51. The minimum atomic E-state index is -0.534. The third kappa shape index (κ3) is 5.91. The van der Waals surface area contributed by atoms with Crippen LogP contribution in [0.4, 0.5) is 4.39 Å². The molecule has 9 nitrogen and oxygen atoms in total. The highest BCUT2D eigenvalue weighted by molar-refractivity contribution is 6.31. The van der Waals surface area contributed by atoms with Crippen molar-refractivity contribution in [2.75, 3.05) is 0 Å². The molecule has 0 saturated heterocycles. The van der Waals surface area contributed by atoms with Crippen LogP contribution in [0, 0.1) is 5.82 Å². The topological polar surface area (TPSA) is 114 Å². The van der Waals surface area contributed by atoms with Gasteiger partial charge in [-0.1, -0.05) is 54.6 Å². The second-order valence-electron chi connectivity index (χ2n) is 10.2. The summed E-state index contributed by atoms with van der Waals surface area (Å²) in [6.07, 6.45) is 6.99. The minimum Gasteiger partial charge on any atom is -0.350 e. The van der Waals surface area contributed by atoms with Gasteiger partial charge in [-0.3, -0.25) is 14.3 Å². The highest BCUT2D eigenvalue weighted by Gasteiger charge is 2.30. The fraction of sp³-hybridized carbons (Fsp3) is 0.267. The Hall–Kier alpha value is -4.15. The van der Waals surface area contributed by atoms with Crippen molar-refractivity contribution < 1.29 is 9.18 Å². The molecule has 2 aromatic carbocycles. The number of imidazole rings is 1. The molecule has 42 heavy (non-hydrogen) atoms. The Labute approximate surface area is 251 Å². The summed E-state index contributed by atoms with van der Waals surface area (Å²) in [6, 6.07) is 15.5. The Morgan fingerprint density at radius 3 is 2.67 bits per heavy atom. The lowest BCUT2D eigenvalue weighted by Gasteiger charge is -2.24. The first-order valence-corrected chi connectivity index (χ1v) is 14.5. The first-order valence-electron chi connectivity index (χ1n) is 13.7. The van der Waals surface area contributed by atoms with Crippen molar-refractivity contribution in [3.63, 3.8) is 0 Å². The van der Waals surface area contributed by atoms with Gasteiger partial charge >= 0.3 is 0 Å². The lowest BCUT2D eigenvalue weighted by molar-refractivity contribution is -0.120. The van der Waals surface area contributed by atoms with E-state index < -0.39 is 5.82 Å². The molecule has 6 rings (SSSR count). The van der Waals surface area contributed by atoms with E-state index in [1.54, 1.807) is 24.4 Å². The summed E-state index contributed by atoms with van der Waals surface area (Å²) in [7, 11) is 0. The standard InChI is InChI=1S/C30H27Cl2FN8O/c31-21-11-9-19(15-26(42)35-17-22-8-4-5-13-34-22)25(16-21)41-28(20-10-12-24(33)23(32)14-20)27(29-37-39-40-38-29)36-30(41)18-6-2-1-3-7-18/h4-5,8-14,16,18H,1-3,6-7,15,17H2,(H,35,42)(H,37,38,39,40). The number of rotatable bonds is 8. The smallest absolute Gasteiger partial charge is 0.225 e. The second-order valence-corrected chi connectivity index (χ2v) is 11.1. The van der Waals surface area contributed by atoms with Crippen LogP contribution in [0.2, 0.25) is 10.0 Å². The van der Waals surface area contributed by atoms with Gasteiger partial charge in [0.2, 0.25) is 11.7 Å². The quantitative estimate of drug-likeness (QED) is 0.210. The number of aromatic nitrogens is 7. The molecule has 5 aromatic rings. The summed E-state index contributed by atoms with van der Waals surface area (Å²) in [6.45, 7) is 0.308. The first-order chi connectivity index (χ1) is 20.5. The molecule has 1 amide bonds. The van der Waals surface area contributed by atoms with Crippen molar-refractivity contribution in [1.82, 2.24) is 40.5 Å². The number of pyridine rings is 1. The predicted octanol–water partition coefficient (Wildman–Crippen LogP) is 6.47. The number of nitrogens with one attached hydrogen (secondary N) is 2. The fourth-order valence-electron chi connectivity index (χ4n) is 5.47. The van der Waals surface area contributed by atoms with Crippen LogP contribution < -0.4 is 5.32 Å². The number of hydrogen-bond donors (Lipinski definition) is 2. The largest absolute Gasteiger partial charge is 0.350 e. The van der Waals surface area contributed by atoms with E-state index in [1.165, 1.54) is 6.07 Å². The van der Waals surface area contributed by atoms with Crippen molar-refractivity contribution in [3.8, 4) is 28.5 Å². The fourth-order valence-corrected chi connectivity index (χ4v) is 5.81. The van der Waals surface area contributed by atoms with Gasteiger partial charge in [0.05, 0.1) is 35.1 Å². The van der Waals surface area contributed by atoms with Crippen molar-refractivity contribution >= 4 is 29.1 Å². The van der Waals surface area contributed by atoms with Crippen molar-refractivity contribution in [3.05, 3.63) is 93.7 Å². The number of carbonyl (C=O) groups is 1. The third-order valence-electron chi connectivity index (χ3n) is 7.46. The molecule has 0 aliphatic heterocycles. The van der Waals surface area contributed by atoms with Crippen LogP contribution in [-0.2, 0) is 17.8 Å². The van der Waals surface area contributed by atoms with Crippen LogP contribution in [0.1, 0.15) is 55.1 Å². The number of halogens is 3. The maximum atomic E-state index is 14.3. The summed E-state index contributed by atoms with van der Waals surface area (Å²) in [5.74, 6) is 0.514. The molecule has 0 radical (unpaired) electrons. The first kappa shape index (κ1) is 28.0. The number of carbonyl (C=O) groups excluding carboxylic acids is 1. The van der Waals surface area contributed by atoms with Gasteiger partial charge in [0, 0.05) is 22.7 Å². The minimum absolute atomic E-state index is 0.0289. The van der Waals surface area contributed by atoms with E-state index >= 15 is 0 Å². The average Bonchev–Trinajstić information content (AvgIpc) is 3.68.